The van der Waals surface area contributed by atoms with E-state index in [1.807, 2.05) is 0 Å². The first-order valence-electron chi connectivity index (χ1n) is 4.50. The van der Waals surface area contributed by atoms with Gasteiger partial charge in [0.2, 0.25) is 0 Å². The number of halogens is 1. The minimum atomic E-state index is -3.71. The molecule has 2 aromatic rings. The molecule has 2 aromatic heterocycles. The molecule has 0 bridgehead atoms. The summed E-state index contributed by atoms with van der Waals surface area (Å²) >= 11 is 5.62. The van der Waals surface area contributed by atoms with Gasteiger partial charge in [0.15, 0.2) is 5.82 Å². The molecular weight excluding hydrogens is 264 g/mol. The summed E-state index contributed by atoms with van der Waals surface area (Å²) in [5, 5.41) is 7.29. The van der Waals surface area contributed by atoms with E-state index in [0.717, 1.165) is 0 Å². The lowest BCUT2D eigenvalue weighted by molar-refractivity contribution is 0.600. The highest BCUT2D eigenvalue weighted by Gasteiger charge is 2.15. The Bertz CT molecular complexity index is 618. The number of anilines is 1. The minimum absolute atomic E-state index is 0.0168. The summed E-state index contributed by atoms with van der Waals surface area (Å²) in [4.78, 5) is 3.72. The molecule has 0 aliphatic rings. The van der Waals surface area contributed by atoms with Crippen LogP contribution < -0.4 is 4.72 Å². The Labute approximate surface area is 103 Å². The van der Waals surface area contributed by atoms with Crippen molar-refractivity contribution in [1.29, 1.82) is 0 Å². The molecule has 0 saturated heterocycles. The molecule has 0 fully saturated rings. The van der Waals surface area contributed by atoms with Crippen LogP contribution in [0.4, 0.5) is 5.82 Å². The Morgan fingerprint density at radius 3 is 2.71 bits per heavy atom. The molecule has 0 radical (unpaired) electrons. The third-order valence-corrected chi connectivity index (χ3v) is 3.38. The maximum atomic E-state index is 11.9. The van der Waals surface area contributed by atoms with Crippen LogP contribution in [0.15, 0.2) is 41.6 Å². The van der Waals surface area contributed by atoms with Crippen LogP contribution in [0, 0.1) is 0 Å². The van der Waals surface area contributed by atoms with Crippen LogP contribution >= 0.6 is 11.6 Å². The third kappa shape index (κ3) is 2.89. The van der Waals surface area contributed by atoms with Gasteiger partial charge in [-0.1, -0.05) is 11.6 Å². The van der Waals surface area contributed by atoms with Crippen LogP contribution in [0.2, 0.25) is 5.15 Å². The number of rotatable bonds is 3. The molecule has 2 heterocycles. The first-order chi connectivity index (χ1) is 8.08. The monoisotopic (exact) mass is 270 g/mol. The van der Waals surface area contributed by atoms with Gasteiger partial charge in [0.05, 0.1) is 4.90 Å². The maximum Gasteiger partial charge on any atom is 0.263 e. The van der Waals surface area contributed by atoms with E-state index in [9.17, 15) is 8.42 Å². The first-order valence-corrected chi connectivity index (χ1v) is 6.36. The zero-order valence-corrected chi connectivity index (χ0v) is 9.98. The van der Waals surface area contributed by atoms with Crippen molar-refractivity contribution in [2.75, 3.05) is 4.72 Å². The smallest absolute Gasteiger partial charge is 0.262 e. The van der Waals surface area contributed by atoms with Crippen LogP contribution in [0.5, 0.6) is 0 Å². The summed E-state index contributed by atoms with van der Waals surface area (Å²) < 4.78 is 26.1. The van der Waals surface area contributed by atoms with Gasteiger partial charge in [-0.15, -0.1) is 5.10 Å². The number of hydrogen-bond acceptors (Lipinski definition) is 5. The fourth-order valence-electron chi connectivity index (χ4n) is 1.10. The minimum Gasteiger partial charge on any atom is -0.262 e. The van der Waals surface area contributed by atoms with E-state index in [4.69, 9.17) is 11.6 Å². The van der Waals surface area contributed by atoms with E-state index in [1.54, 1.807) is 6.07 Å². The van der Waals surface area contributed by atoms with Gasteiger partial charge >= 0.3 is 0 Å². The molecule has 0 aliphatic carbocycles. The third-order valence-electron chi connectivity index (χ3n) is 1.82. The normalized spacial score (nSPS) is 11.1. The summed E-state index contributed by atoms with van der Waals surface area (Å²) in [5.74, 6) is 0.139. The SMILES string of the molecule is O=S(=O)(Nc1cccnn1)c1ccnc(Cl)c1. The van der Waals surface area contributed by atoms with Gasteiger partial charge in [-0.25, -0.2) is 13.4 Å². The number of pyridine rings is 1. The molecule has 0 atom stereocenters. The Balaban J connectivity index is 2.32. The number of sulfonamides is 1. The first kappa shape index (κ1) is 11.7. The standard InChI is InChI=1S/C9H7ClN4O2S/c10-8-6-7(3-5-11-8)17(15,16)14-9-2-1-4-12-13-9/h1-6H,(H,13,14). The summed E-state index contributed by atoms with van der Waals surface area (Å²) in [6.45, 7) is 0. The molecule has 8 heteroatoms. The second-order valence-corrected chi connectivity index (χ2v) is 5.10. The fourth-order valence-corrected chi connectivity index (χ4v) is 2.35. The van der Waals surface area contributed by atoms with Crippen molar-refractivity contribution in [3.05, 3.63) is 41.8 Å². The van der Waals surface area contributed by atoms with Gasteiger partial charge in [0, 0.05) is 12.4 Å². The lowest BCUT2D eigenvalue weighted by Crippen LogP contribution is -2.14. The van der Waals surface area contributed by atoms with Crippen molar-refractivity contribution >= 4 is 27.4 Å². The average Bonchev–Trinajstić information content (AvgIpc) is 2.30. The van der Waals surface area contributed by atoms with E-state index >= 15 is 0 Å². The highest BCUT2D eigenvalue weighted by molar-refractivity contribution is 7.92. The molecule has 2 rings (SSSR count). The van der Waals surface area contributed by atoms with Crippen molar-refractivity contribution in [2.24, 2.45) is 0 Å². The molecule has 0 aromatic carbocycles. The Morgan fingerprint density at radius 1 is 1.24 bits per heavy atom. The number of aromatic nitrogens is 3. The summed E-state index contributed by atoms with van der Waals surface area (Å²) in [6, 6.07) is 5.66. The van der Waals surface area contributed by atoms with Crippen molar-refractivity contribution in [3.8, 4) is 0 Å². The quantitative estimate of drug-likeness (QED) is 0.851. The van der Waals surface area contributed by atoms with Gasteiger partial charge in [0.1, 0.15) is 5.15 Å². The van der Waals surface area contributed by atoms with Gasteiger partial charge in [-0.3, -0.25) is 4.72 Å². The predicted molar refractivity (Wildman–Crippen MR) is 62.1 cm³/mol. The van der Waals surface area contributed by atoms with E-state index in [-0.39, 0.29) is 15.9 Å². The van der Waals surface area contributed by atoms with Crippen LogP contribution in [0.25, 0.3) is 0 Å². The van der Waals surface area contributed by atoms with E-state index in [0.29, 0.717) is 0 Å². The molecule has 88 valence electrons. The van der Waals surface area contributed by atoms with Crippen LogP contribution in [-0.4, -0.2) is 23.6 Å². The summed E-state index contributed by atoms with van der Waals surface area (Å²) in [6.07, 6.45) is 2.76. The maximum absolute atomic E-state index is 11.9. The van der Waals surface area contributed by atoms with Crippen LogP contribution in [0.3, 0.4) is 0 Å². The van der Waals surface area contributed by atoms with Crippen molar-refractivity contribution in [3.63, 3.8) is 0 Å². The lowest BCUT2D eigenvalue weighted by atomic mass is 10.5. The van der Waals surface area contributed by atoms with E-state index < -0.39 is 10.0 Å². The van der Waals surface area contributed by atoms with Crippen molar-refractivity contribution in [2.45, 2.75) is 4.90 Å². The van der Waals surface area contributed by atoms with Crippen molar-refractivity contribution < 1.29 is 8.42 Å². The predicted octanol–water partition coefficient (Wildman–Crippen LogP) is 1.33. The molecule has 0 saturated carbocycles. The molecule has 0 amide bonds. The fraction of sp³-hybridized carbons (Fsp3) is 0. The van der Waals surface area contributed by atoms with Gasteiger partial charge < -0.3 is 0 Å². The second-order valence-electron chi connectivity index (χ2n) is 3.03. The van der Waals surface area contributed by atoms with E-state index in [2.05, 4.69) is 19.9 Å². The Morgan fingerprint density at radius 2 is 2.06 bits per heavy atom. The van der Waals surface area contributed by atoms with Crippen LogP contribution in [-0.2, 0) is 10.0 Å². The number of nitrogens with zero attached hydrogens (tertiary/aromatic N) is 3. The highest BCUT2D eigenvalue weighted by Crippen LogP contribution is 2.15. The topological polar surface area (TPSA) is 84.8 Å². The Kier molecular flexibility index (Phi) is 3.21. The molecule has 0 unspecified atom stereocenters. The number of hydrogen-bond donors (Lipinski definition) is 1. The molecular formula is C9H7ClN4O2S. The van der Waals surface area contributed by atoms with Gasteiger partial charge in [-0.2, -0.15) is 5.10 Å². The molecule has 0 spiro atoms. The van der Waals surface area contributed by atoms with Crippen molar-refractivity contribution in [1.82, 2.24) is 15.2 Å². The van der Waals surface area contributed by atoms with Gasteiger partial charge in [-0.05, 0) is 24.3 Å². The second kappa shape index (κ2) is 4.64. The lowest BCUT2D eigenvalue weighted by Gasteiger charge is -2.06. The zero-order valence-electron chi connectivity index (χ0n) is 8.41. The van der Waals surface area contributed by atoms with E-state index in [1.165, 1.54) is 30.6 Å². The highest BCUT2D eigenvalue weighted by atomic mass is 35.5. The van der Waals surface area contributed by atoms with Crippen LogP contribution in [0.1, 0.15) is 0 Å². The molecule has 17 heavy (non-hydrogen) atoms. The Hall–Kier alpha value is -1.73. The molecule has 0 aliphatic heterocycles. The largest absolute Gasteiger partial charge is 0.263 e. The molecule has 1 N–H and O–H groups in total. The number of nitrogens with one attached hydrogen (secondary N) is 1. The van der Waals surface area contributed by atoms with Gasteiger partial charge in [0.25, 0.3) is 10.0 Å². The zero-order chi connectivity index (χ0) is 12.3. The molecule has 6 nitrogen and oxygen atoms in total. The average molecular weight is 271 g/mol. The summed E-state index contributed by atoms with van der Waals surface area (Å²) in [7, 11) is -3.71. The summed E-state index contributed by atoms with van der Waals surface area (Å²) in [5.41, 5.74) is 0.